The first-order chi connectivity index (χ1) is 10.7. The number of hydrogen-bond acceptors (Lipinski definition) is 3. The fourth-order valence-electron chi connectivity index (χ4n) is 2.85. The van der Waals surface area contributed by atoms with Crippen LogP contribution in [0.4, 0.5) is 0 Å². The summed E-state index contributed by atoms with van der Waals surface area (Å²) in [5, 5.41) is 23.4. The number of phenolic OH excluding ortho intramolecular Hbond substituents is 2. The van der Waals surface area contributed by atoms with Gasteiger partial charge in [-0.1, -0.05) is 6.07 Å². The minimum absolute atomic E-state index is 0.146. The van der Waals surface area contributed by atoms with E-state index in [0.29, 0.717) is 10.8 Å². The number of ether oxygens (including phenoxy) is 1. The summed E-state index contributed by atoms with van der Waals surface area (Å²) in [6.07, 6.45) is 3.76. The molecule has 4 aromatic rings. The normalized spacial score (nSPS) is 11.3. The molecule has 4 heteroatoms. The van der Waals surface area contributed by atoms with Gasteiger partial charge < -0.3 is 14.9 Å². The Bertz CT molecular complexity index is 1040. The lowest BCUT2D eigenvalue weighted by molar-refractivity contribution is -0.509. The Kier molecular flexibility index (Phi) is 2.60. The summed E-state index contributed by atoms with van der Waals surface area (Å²) in [7, 11) is 1.64. The number of methoxy groups -OCH3 is 1. The van der Waals surface area contributed by atoms with Crippen LogP contribution in [0.1, 0.15) is 0 Å². The van der Waals surface area contributed by atoms with Gasteiger partial charge in [0.1, 0.15) is 17.2 Å². The maximum Gasteiger partial charge on any atom is 0.219 e. The number of benzene rings is 2. The van der Waals surface area contributed by atoms with Crippen molar-refractivity contribution in [2.24, 2.45) is 0 Å². The first-order valence-corrected chi connectivity index (χ1v) is 6.94. The molecule has 0 spiro atoms. The van der Waals surface area contributed by atoms with Gasteiger partial charge >= 0.3 is 0 Å². The Labute approximate surface area is 126 Å². The van der Waals surface area contributed by atoms with Crippen LogP contribution in [0.25, 0.3) is 27.1 Å². The highest BCUT2D eigenvalue weighted by Crippen LogP contribution is 2.33. The molecular weight excluding hydrogens is 278 g/mol. The van der Waals surface area contributed by atoms with Crippen LogP contribution in [0.2, 0.25) is 0 Å². The SMILES string of the molecule is COc1ccc2cc[n+]3cc4c(O)ccc(O)c4cc3c2c1. The second kappa shape index (κ2) is 4.49. The first-order valence-electron chi connectivity index (χ1n) is 6.94. The van der Waals surface area contributed by atoms with Gasteiger partial charge in [-0.15, -0.1) is 0 Å². The van der Waals surface area contributed by atoms with Gasteiger partial charge in [0.05, 0.1) is 17.9 Å². The van der Waals surface area contributed by atoms with E-state index >= 15 is 0 Å². The number of nitrogens with zero attached hydrogens (tertiary/aromatic N) is 1. The summed E-state index contributed by atoms with van der Waals surface area (Å²) in [4.78, 5) is 0. The number of fused-ring (bicyclic) bond motifs is 4. The highest BCUT2D eigenvalue weighted by Gasteiger charge is 2.14. The smallest absolute Gasteiger partial charge is 0.219 e. The number of rotatable bonds is 1. The van der Waals surface area contributed by atoms with Crippen LogP contribution in [0.15, 0.2) is 54.9 Å². The first kappa shape index (κ1) is 12.7. The fraction of sp³-hybridized carbons (Fsp3) is 0.0556. The predicted octanol–water partition coefficient (Wildman–Crippen LogP) is 3.15. The predicted molar refractivity (Wildman–Crippen MR) is 84.5 cm³/mol. The zero-order valence-electron chi connectivity index (χ0n) is 11.9. The van der Waals surface area contributed by atoms with Crippen LogP contribution in [0.5, 0.6) is 17.2 Å². The molecule has 22 heavy (non-hydrogen) atoms. The van der Waals surface area contributed by atoms with E-state index in [1.54, 1.807) is 7.11 Å². The zero-order valence-corrected chi connectivity index (χ0v) is 11.9. The molecule has 0 radical (unpaired) electrons. The number of hydrogen-bond donors (Lipinski definition) is 2. The summed E-state index contributed by atoms with van der Waals surface area (Å²) in [5.41, 5.74) is 0.935. The van der Waals surface area contributed by atoms with Crippen molar-refractivity contribution in [3.63, 3.8) is 0 Å². The average Bonchev–Trinajstić information content (AvgIpc) is 2.56. The second-order valence-electron chi connectivity index (χ2n) is 5.27. The molecule has 0 saturated carbocycles. The van der Waals surface area contributed by atoms with Crippen LogP contribution in [-0.2, 0) is 0 Å². The minimum Gasteiger partial charge on any atom is -0.507 e. The molecule has 4 nitrogen and oxygen atoms in total. The Morgan fingerprint density at radius 2 is 1.64 bits per heavy atom. The highest BCUT2D eigenvalue weighted by molar-refractivity contribution is 6.00. The molecule has 108 valence electrons. The van der Waals surface area contributed by atoms with Crippen molar-refractivity contribution in [3.05, 3.63) is 54.9 Å². The van der Waals surface area contributed by atoms with E-state index in [1.807, 2.05) is 47.1 Å². The van der Waals surface area contributed by atoms with Gasteiger partial charge in [0.15, 0.2) is 12.4 Å². The molecule has 0 aliphatic carbocycles. The molecule has 2 N–H and O–H groups in total. The molecule has 2 aromatic heterocycles. The molecule has 0 aliphatic heterocycles. The third kappa shape index (κ3) is 1.74. The minimum atomic E-state index is 0.146. The van der Waals surface area contributed by atoms with E-state index in [1.165, 1.54) is 12.1 Å². The fourth-order valence-corrected chi connectivity index (χ4v) is 2.85. The standard InChI is InChI=1S/C18H13NO3/c1-22-12-3-2-11-6-7-19-10-15-14(9-16(19)13(11)8-12)17(20)4-5-18(15)21/h2-10,20H,1H3/p+1. The summed E-state index contributed by atoms with van der Waals surface area (Å²) in [6, 6.07) is 12.8. The Hall–Kier alpha value is -3.01. The van der Waals surface area contributed by atoms with Crippen LogP contribution in [0, 0.1) is 0 Å². The molecule has 4 rings (SSSR count). The van der Waals surface area contributed by atoms with Gasteiger partial charge in [0, 0.05) is 17.5 Å². The molecule has 0 fully saturated rings. The van der Waals surface area contributed by atoms with Crippen molar-refractivity contribution in [3.8, 4) is 17.2 Å². The van der Waals surface area contributed by atoms with Crippen LogP contribution in [0.3, 0.4) is 0 Å². The van der Waals surface area contributed by atoms with Crippen molar-refractivity contribution in [2.45, 2.75) is 0 Å². The summed E-state index contributed by atoms with van der Waals surface area (Å²) >= 11 is 0. The number of pyridine rings is 2. The lowest BCUT2D eigenvalue weighted by atomic mass is 10.1. The van der Waals surface area contributed by atoms with Crippen LogP contribution in [-0.4, -0.2) is 17.3 Å². The molecule has 0 unspecified atom stereocenters. The van der Waals surface area contributed by atoms with E-state index in [4.69, 9.17) is 4.74 Å². The third-order valence-electron chi connectivity index (χ3n) is 4.02. The van der Waals surface area contributed by atoms with Crippen molar-refractivity contribution in [2.75, 3.05) is 7.11 Å². The topological polar surface area (TPSA) is 53.8 Å². The highest BCUT2D eigenvalue weighted by atomic mass is 16.5. The lowest BCUT2D eigenvalue weighted by Crippen LogP contribution is -2.20. The summed E-state index contributed by atoms with van der Waals surface area (Å²) in [5.74, 6) is 1.07. The lowest BCUT2D eigenvalue weighted by Gasteiger charge is -2.05. The maximum atomic E-state index is 10.1. The van der Waals surface area contributed by atoms with Crippen molar-refractivity contribution in [1.82, 2.24) is 0 Å². The second-order valence-corrected chi connectivity index (χ2v) is 5.27. The van der Waals surface area contributed by atoms with Gasteiger partial charge in [-0.05, 0) is 29.7 Å². The van der Waals surface area contributed by atoms with Gasteiger partial charge in [0.2, 0.25) is 5.52 Å². The monoisotopic (exact) mass is 292 g/mol. The average molecular weight is 292 g/mol. The van der Waals surface area contributed by atoms with Gasteiger partial charge in [0.25, 0.3) is 0 Å². The number of aromatic hydroxyl groups is 2. The van der Waals surface area contributed by atoms with Crippen molar-refractivity contribution >= 4 is 27.1 Å². The van der Waals surface area contributed by atoms with Gasteiger partial charge in [-0.25, -0.2) is 0 Å². The molecule has 0 amide bonds. The van der Waals surface area contributed by atoms with E-state index in [-0.39, 0.29) is 11.5 Å². The molecular formula is C18H14NO3+. The van der Waals surface area contributed by atoms with E-state index in [0.717, 1.165) is 22.0 Å². The van der Waals surface area contributed by atoms with Crippen LogP contribution >= 0.6 is 0 Å². The van der Waals surface area contributed by atoms with E-state index < -0.39 is 0 Å². The Morgan fingerprint density at radius 3 is 2.41 bits per heavy atom. The van der Waals surface area contributed by atoms with Gasteiger partial charge in [-0.3, -0.25) is 0 Å². The maximum absolute atomic E-state index is 10.1. The van der Waals surface area contributed by atoms with Crippen molar-refractivity contribution < 1.29 is 19.4 Å². The molecule has 2 aromatic carbocycles. The zero-order chi connectivity index (χ0) is 15.3. The van der Waals surface area contributed by atoms with Crippen LogP contribution < -0.4 is 9.14 Å². The number of phenols is 2. The Balaban J connectivity index is 2.21. The quantitative estimate of drug-likeness (QED) is 0.245. The van der Waals surface area contributed by atoms with Gasteiger partial charge in [-0.2, -0.15) is 4.40 Å². The van der Waals surface area contributed by atoms with E-state index in [2.05, 4.69) is 0 Å². The molecule has 2 heterocycles. The molecule has 0 atom stereocenters. The molecule has 0 aliphatic rings. The van der Waals surface area contributed by atoms with E-state index in [9.17, 15) is 10.2 Å². The largest absolute Gasteiger partial charge is 0.507 e. The summed E-state index contributed by atoms with van der Waals surface area (Å²) in [6.45, 7) is 0. The molecule has 0 bridgehead atoms. The third-order valence-corrected chi connectivity index (χ3v) is 4.02. The Morgan fingerprint density at radius 1 is 0.864 bits per heavy atom. The number of aromatic nitrogens is 1. The summed E-state index contributed by atoms with van der Waals surface area (Å²) < 4.78 is 7.24. The molecule has 0 saturated heterocycles. The van der Waals surface area contributed by atoms with Crippen molar-refractivity contribution in [1.29, 1.82) is 0 Å².